The standard InChI is InChI=1S/C16H22O3/c1-3-5-6-7-8-12-18-14-10-9-11-15(13-14)19-16(17)4-2/h4,9-11,13H,2-3,5-8,12H2,1H3. The van der Waals surface area contributed by atoms with Crippen LogP contribution in [-0.4, -0.2) is 12.6 Å². The zero-order chi connectivity index (χ0) is 13.9. The van der Waals surface area contributed by atoms with E-state index >= 15 is 0 Å². The number of carbonyl (C=O) groups is 1. The first-order chi connectivity index (χ1) is 9.26. The van der Waals surface area contributed by atoms with Crippen LogP contribution < -0.4 is 9.47 Å². The molecular weight excluding hydrogens is 240 g/mol. The SMILES string of the molecule is C=CC(=O)Oc1cccc(OCCCCCCC)c1. The summed E-state index contributed by atoms with van der Waals surface area (Å²) in [6.07, 6.45) is 7.18. The van der Waals surface area contributed by atoms with E-state index in [9.17, 15) is 4.79 Å². The average molecular weight is 262 g/mol. The van der Waals surface area contributed by atoms with Crippen molar-refractivity contribution in [3.05, 3.63) is 36.9 Å². The first kappa shape index (κ1) is 15.3. The Morgan fingerprint density at radius 3 is 2.68 bits per heavy atom. The van der Waals surface area contributed by atoms with Crippen LogP contribution in [0.1, 0.15) is 39.0 Å². The molecule has 0 amide bonds. The highest BCUT2D eigenvalue weighted by Crippen LogP contribution is 2.20. The lowest BCUT2D eigenvalue weighted by molar-refractivity contribution is -0.128. The Kier molecular flexibility index (Phi) is 7.40. The fraction of sp³-hybridized carbons (Fsp3) is 0.438. The molecule has 0 spiro atoms. The summed E-state index contributed by atoms with van der Waals surface area (Å²) in [6, 6.07) is 7.10. The lowest BCUT2D eigenvalue weighted by atomic mass is 10.2. The van der Waals surface area contributed by atoms with Gasteiger partial charge in [-0.3, -0.25) is 0 Å². The summed E-state index contributed by atoms with van der Waals surface area (Å²) >= 11 is 0. The number of carbonyl (C=O) groups excluding carboxylic acids is 1. The normalized spacial score (nSPS) is 9.95. The van der Waals surface area contributed by atoms with Crippen LogP contribution in [0.15, 0.2) is 36.9 Å². The van der Waals surface area contributed by atoms with Crippen LogP contribution in [-0.2, 0) is 4.79 Å². The van der Waals surface area contributed by atoms with E-state index in [1.165, 1.54) is 25.7 Å². The predicted octanol–water partition coefficient (Wildman–Crippen LogP) is 4.13. The van der Waals surface area contributed by atoms with Gasteiger partial charge in [-0.05, 0) is 18.6 Å². The first-order valence-corrected chi connectivity index (χ1v) is 6.83. The molecule has 0 saturated heterocycles. The molecule has 0 saturated carbocycles. The quantitative estimate of drug-likeness (QED) is 0.290. The molecule has 0 aliphatic heterocycles. The molecular formula is C16H22O3. The number of hydrogen-bond acceptors (Lipinski definition) is 3. The van der Waals surface area contributed by atoms with Gasteiger partial charge in [-0.2, -0.15) is 0 Å². The Labute approximate surface area is 115 Å². The van der Waals surface area contributed by atoms with Gasteiger partial charge < -0.3 is 9.47 Å². The third-order valence-electron chi connectivity index (χ3n) is 2.71. The van der Waals surface area contributed by atoms with E-state index in [1.54, 1.807) is 18.2 Å². The Morgan fingerprint density at radius 2 is 1.95 bits per heavy atom. The van der Waals surface area contributed by atoms with E-state index in [1.807, 2.05) is 6.07 Å². The smallest absolute Gasteiger partial charge is 0.335 e. The van der Waals surface area contributed by atoms with Crippen molar-refractivity contribution >= 4 is 5.97 Å². The molecule has 1 aromatic rings. The van der Waals surface area contributed by atoms with E-state index in [0.29, 0.717) is 12.4 Å². The van der Waals surface area contributed by atoms with Crippen LogP contribution in [0.3, 0.4) is 0 Å². The van der Waals surface area contributed by atoms with Gasteiger partial charge in [0, 0.05) is 12.1 Å². The molecule has 0 unspecified atom stereocenters. The molecule has 0 bridgehead atoms. The molecule has 0 radical (unpaired) electrons. The second-order valence-corrected chi connectivity index (χ2v) is 4.36. The molecule has 0 atom stereocenters. The first-order valence-electron chi connectivity index (χ1n) is 6.83. The topological polar surface area (TPSA) is 35.5 Å². The number of hydrogen-bond donors (Lipinski definition) is 0. The fourth-order valence-corrected chi connectivity index (χ4v) is 1.68. The third-order valence-corrected chi connectivity index (χ3v) is 2.71. The zero-order valence-corrected chi connectivity index (χ0v) is 11.6. The Morgan fingerprint density at radius 1 is 1.21 bits per heavy atom. The maximum absolute atomic E-state index is 11.1. The molecule has 1 aromatic carbocycles. The lowest BCUT2D eigenvalue weighted by Crippen LogP contribution is -2.03. The van der Waals surface area contributed by atoms with Crippen molar-refractivity contribution in [2.24, 2.45) is 0 Å². The van der Waals surface area contributed by atoms with Crippen LogP contribution in [0.25, 0.3) is 0 Å². The lowest BCUT2D eigenvalue weighted by Gasteiger charge is -2.07. The summed E-state index contributed by atoms with van der Waals surface area (Å²) in [5.74, 6) is 0.745. The predicted molar refractivity (Wildman–Crippen MR) is 76.5 cm³/mol. The summed E-state index contributed by atoms with van der Waals surface area (Å²) in [7, 11) is 0. The van der Waals surface area contributed by atoms with Crippen LogP contribution in [0.4, 0.5) is 0 Å². The Hall–Kier alpha value is -1.77. The van der Waals surface area contributed by atoms with Gasteiger partial charge in [0.05, 0.1) is 6.61 Å². The zero-order valence-electron chi connectivity index (χ0n) is 11.6. The third kappa shape index (κ3) is 6.65. The van der Waals surface area contributed by atoms with Crippen LogP contribution in [0.2, 0.25) is 0 Å². The van der Waals surface area contributed by atoms with Gasteiger partial charge in [0.15, 0.2) is 0 Å². The second-order valence-electron chi connectivity index (χ2n) is 4.36. The van der Waals surface area contributed by atoms with Gasteiger partial charge in [0.25, 0.3) is 0 Å². The van der Waals surface area contributed by atoms with Crippen molar-refractivity contribution in [2.75, 3.05) is 6.61 Å². The van der Waals surface area contributed by atoms with Crippen molar-refractivity contribution in [3.63, 3.8) is 0 Å². The summed E-state index contributed by atoms with van der Waals surface area (Å²) in [5.41, 5.74) is 0. The molecule has 0 aliphatic rings. The number of ether oxygens (including phenoxy) is 2. The van der Waals surface area contributed by atoms with Gasteiger partial charge in [0.2, 0.25) is 0 Å². The summed E-state index contributed by atoms with van der Waals surface area (Å²) in [4.78, 5) is 11.1. The van der Waals surface area contributed by atoms with E-state index in [-0.39, 0.29) is 0 Å². The van der Waals surface area contributed by atoms with Crippen molar-refractivity contribution < 1.29 is 14.3 Å². The minimum atomic E-state index is -0.461. The summed E-state index contributed by atoms with van der Waals surface area (Å²) < 4.78 is 10.7. The molecule has 3 heteroatoms. The Balaban J connectivity index is 2.31. The largest absolute Gasteiger partial charge is 0.493 e. The minimum Gasteiger partial charge on any atom is -0.493 e. The molecule has 0 aliphatic carbocycles. The summed E-state index contributed by atoms with van der Waals surface area (Å²) in [5, 5.41) is 0. The Bertz CT molecular complexity index is 399. The molecule has 0 aromatic heterocycles. The van der Waals surface area contributed by atoms with Gasteiger partial charge in [-0.25, -0.2) is 4.79 Å². The number of benzene rings is 1. The van der Waals surface area contributed by atoms with Gasteiger partial charge >= 0.3 is 5.97 Å². The monoisotopic (exact) mass is 262 g/mol. The van der Waals surface area contributed by atoms with Gasteiger partial charge in [0.1, 0.15) is 11.5 Å². The van der Waals surface area contributed by atoms with Crippen molar-refractivity contribution in [3.8, 4) is 11.5 Å². The number of rotatable bonds is 9. The highest BCUT2D eigenvalue weighted by Gasteiger charge is 2.01. The van der Waals surface area contributed by atoms with Crippen molar-refractivity contribution in [2.45, 2.75) is 39.0 Å². The van der Waals surface area contributed by atoms with Crippen molar-refractivity contribution in [1.29, 1.82) is 0 Å². The second kappa shape index (κ2) is 9.20. The molecule has 1 rings (SSSR count). The van der Waals surface area contributed by atoms with E-state index < -0.39 is 5.97 Å². The van der Waals surface area contributed by atoms with Crippen LogP contribution >= 0.6 is 0 Å². The highest BCUT2D eigenvalue weighted by atomic mass is 16.5. The molecule has 104 valence electrons. The maximum atomic E-state index is 11.1. The van der Waals surface area contributed by atoms with Crippen LogP contribution in [0, 0.1) is 0 Å². The van der Waals surface area contributed by atoms with Gasteiger partial charge in [-0.15, -0.1) is 0 Å². The molecule has 3 nitrogen and oxygen atoms in total. The van der Waals surface area contributed by atoms with E-state index in [4.69, 9.17) is 9.47 Å². The van der Waals surface area contributed by atoms with Gasteiger partial charge in [-0.1, -0.05) is 45.3 Å². The molecule has 0 heterocycles. The summed E-state index contributed by atoms with van der Waals surface area (Å²) in [6.45, 7) is 6.26. The van der Waals surface area contributed by atoms with E-state index in [0.717, 1.165) is 18.2 Å². The molecule has 0 fully saturated rings. The average Bonchev–Trinajstić information content (AvgIpc) is 2.43. The van der Waals surface area contributed by atoms with Crippen molar-refractivity contribution in [1.82, 2.24) is 0 Å². The highest BCUT2D eigenvalue weighted by molar-refractivity contribution is 5.83. The molecule has 0 N–H and O–H groups in total. The van der Waals surface area contributed by atoms with Crippen LogP contribution in [0.5, 0.6) is 11.5 Å². The van der Waals surface area contributed by atoms with E-state index in [2.05, 4.69) is 13.5 Å². The molecule has 19 heavy (non-hydrogen) atoms. The number of esters is 1. The minimum absolute atomic E-state index is 0.461. The fourth-order valence-electron chi connectivity index (χ4n) is 1.68. The number of unbranched alkanes of at least 4 members (excludes halogenated alkanes) is 4. The maximum Gasteiger partial charge on any atom is 0.335 e.